The molecular weight excluding hydrogens is 671 g/mol. The molecule has 0 radical (unpaired) electrons. The van der Waals surface area contributed by atoms with Crippen molar-refractivity contribution in [2.45, 2.75) is 130 Å². The second-order valence-corrected chi connectivity index (χ2v) is 16.5. The van der Waals surface area contributed by atoms with E-state index < -0.39 is 28.1 Å². The van der Waals surface area contributed by atoms with E-state index in [0.29, 0.717) is 54.2 Å². The molecule has 3 amide bonds. The van der Waals surface area contributed by atoms with Crippen LogP contribution in [0.2, 0.25) is 0 Å². The zero-order valence-corrected chi connectivity index (χ0v) is 32.5. The molecule has 2 bridgehead atoms. The molecule has 0 spiro atoms. The number of piperazine rings is 1. The molecule has 14 nitrogen and oxygen atoms in total. The number of fused-ring (bicyclic) bond motifs is 2. The Balaban J connectivity index is 0.000000326. The smallest absolute Gasteiger partial charge is 0.410 e. The maximum absolute atomic E-state index is 12.6. The molecule has 3 saturated heterocycles. The van der Waals surface area contributed by atoms with Crippen LogP contribution in [-0.2, 0) is 19.4 Å². The van der Waals surface area contributed by atoms with E-state index in [1.165, 1.54) is 98.3 Å². The van der Waals surface area contributed by atoms with Crippen molar-refractivity contribution in [3.8, 4) is 0 Å². The van der Waals surface area contributed by atoms with Crippen LogP contribution in [0.1, 0.15) is 124 Å². The van der Waals surface area contributed by atoms with Crippen molar-refractivity contribution in [2.24, 2.45) is 0 Å². The predicted molar refractivity (Wildman–Crippen MR) is 190 cm³/mol. The summed E-state index contributed by atoms with van der Waals surface area (Å²) < 4.78 is 44.0. The minimum Gasteiger partial charge on any atom is -0.724 e. The van der Waals surface area contributed by atoms with E-state index in [0.717, 1.165) is 0 Å². The molecule has 2 atom stereocenters. The lowest BCUT2D eigenvalue weighted by Crippen LogP contribution is -2.50. The van der Waals surface area contributed by atoms with Crippen LogP contribution < -0.4 is 4.90 Å². The number of quaternary nitrogens is 1. The van der Waals surface area contributed by atoms with Crippen LogP contribution in [0.5, 0.6) is 0 Å². The Morgan fingerprint density at radius 3 is 1.90 bits per heavy atom. The van der Waals surface area contributed by atoms with Gasteiger partial charge in [0.05, 0.1) is 38.3 Å². The summed E-state index contributed by atoms with van der Waals surface area (Å²) in [5, 5.41) is 10.5. The van der Waals surface area contributed by atoms with Crippen LogP contribution >= 0.6 is 11.3 Å². The Morgan fingerprint density at radius 2 is 1.43 bits per heavy atom. The Morgan fingerprint density at radius 1 is 0.898 bits per heavy atom. The Kier molecular flexibility index (Phi) is 15.8. The maximum atomic E-state index is 12.6. The van der Waals surface area contributed by atoms with Crippen molar-refractivity contribution >= 4 is 39.0 Å². The number of hydrogen-bond acceptors (Lipinski definition) is 11. The monoisotopic (exact) mass is 731 g/mol. The third-order valence-electron chi connectivity index (χ3n) is 9.36. The number of amides is 3. The lowest BCUT2D eigenvalue weighted by Gasteiger charge is -2.39. The molecule has 4 rings (SSSR count). The summed E-state index contributed by atoms with van der Waals surface area (Å²) in [5.41, 5.74) is -0.549. The standard InChI is InChI=1S/C17H26N6O7S2.C16H36N/c1-17(2,3)29-16(25)21-8-6-20(7-9-21)14-19-18-13(31-14)12-5-4-11-10-22(12)15(24)23(11)30-32(26,27)28;1-5-9-13-17(14-10-6-2,15-11-7-3)16-12-8-4/h11-12H,4-10H2,1-3H3,(H,26,27,28);5-16H2,1-4H3/q;+1/p-1/t11-,12+;/m1./s1. The molecule has 4 heterocycles. The molecule has 49 heavy (non-hydrogen) atoms. The zero-order valence-electron chi connectivity index (χ0n) is 30.9. The largest absolute Gasteiger partial charge is 0.724 e. The van der Waals surface area contributed by atoms with Gasteiger partial charge in [0.1, 0.15) is 10.6 Å². The third-order valence-corrected chi connectivity index (χ3v) is 10.8. The van der Waals surface area contributed by atoms with E-state index in [9.17, 15) is 22.6 Å². The highest BCUT2D eigenvalue weighted by molar-refractivity contribution is 7.80. The average molecular weight is 732 g/mol. The molecule has 3 aliphatic rings. The number of nitrogens with zero attached hydrogens (tertiary/aromatic N) is 7. The summed E-state index contributed by atoms with van der Waals surface area (Å²) in [6, 6.07) is -1.52. The highest BCUT2D eigenvalue weighted by Gasteiger charge is 2.48. The Bertz CT molecular complexity index is 1240. The Labute approximate surface area is 298 Å². The summed E-state index contributed by atoms with van der Waals surface area (Å²) in [4.78, 5) is 30.0. The summed E-state index contributed by atoms with van der Waals surface area (Å²) in [5.74, 6) is 0. The van der Waals surface area contributed by atoms with Crippen molar-refractivity contribution in [1.29, 1.82) is 0 Å². The second-order valence-electron chi connectivity index (χ2n) is 14.5. The number of hydroxylamine groups is 2. The first-order chi connectivity index (χ1) is 23.2. The van der Waals surface area contributed by atoms with Crippen LogP contribution in [0.3, 0.4) is 0 Å². The number of urea groups is 1. The number of rotatable bonds is 16. The molecule has 1 aromatic rings. The van der Waals surface area contributed by atoms with Crippen LogP contribution in [0.25, 0.3) is 0 Å². The van der Waals surface area contributed by atoms with Crippen molar-refractivity contribution in [2.75, 3.05) is 63.8 Å². The third kappa shape index (κ3) is 12.5. The molecule has 3 aliphatic heterocycles. The van der Waals surface area contributed by atoms with Gasteiger partial charge in [0.2, 0.25) is 15.5 Å². The SMILES string of the molecule is CC(C)(C)OC(=O)N1CCN(c2nnc([C@@H]3CC[C@@H]4CN3C(=O)N4OS(=O)(=O)[O-])s2)CC1.CCCC[N+](CCCC)(CCCC)CCCC. The van der Waals surface area contributed by atoms with Gasteiger partial charge in [-0.15, -0.1) is 10.2 Å². The van der Waals surface area contributed by atoms with Gasteiger partial charge in [-0.3, -0.25) is 0 Å². The molecule has 0 aromatic carbocycles. The fourth-order valence-electron chi connectivity index (χ4n) is 6.63. The highest BCUT2D eigenvalue weighted by Crippen LogP contribution is 2.40. The topological polar surface area (TPSA) is 149 Å². The summed E-state index contributed by atoms with van der Waals surface area (Å²) in [7, 11) is -5.03. The molecule has 3 fully saturated rings. The summed E-state index contributed by atoms with van der Waals surface area (Å²) in [6.45, 7) is 22.9. The fraction of sp³-hybridized carbons (Fsp3) is 0.879. The van der Waals surface area contributed by atoms with Gasteiger partial charge in [0.15, 0.2) is 0 Å². The van der Waals surface area contributed by atoms with Gasteiger partial charge >= 0.3 is 12.1 Å². The van der Waals surface area contributed by atoms with Gasteiger partial charge in [-0.1, -0.05) is 64.7 Å². The predicted octanol–water partition coefficient (Wildman–Crippen LogP) is 5.93. The lowest BCUT2D eigenvalue weighted by molar-refractivity contribution is -0.929. The van der Waals surface area contributed by atoms with Crippen LogP contribution in [0.4, 0.5) is 14.7 Å². The zero-order chi connectivity index (χ0) is 36.2. The van der Waals surface area contributed by atoms with E-state index >= 15 is 0 Å². The number of unbranched alkanes of at least 4 members (excludes halogenated alkanes) is 4. The number of ether oxygens (including phenoxy) is 1. The minimum atomic E-state index is -5.03. The first-order valence-corrected chi connectivity index (χ1v) is 20.5. The van der Waals surface area contributed by atoms with Gasteiger partial charge in [-0.05, 0) is 59.3 Å². The van der Waals surface area contributed by atoms with Gasteiger partial charge < -0.3 is 28.5 Å². The molecule has 0 unspecified atom stereocenters. The molecule has 1 aromatic heterocycles. The van der Waals surface area contributed by atoms with Gasteiger partial charge in [0.25, 0.3) is 0 Å². The van der Waals surface area contributed by atoms with Crippen molar-refractivity contribution < 1.29 is 36.1 Å². The van der Waals surface area contributed by atoms with Crippen LogP contribution in [-0.4, -0.2) is 125 Å². The Hall–Kier alpha value is -2.27. The molecule has 16 heteroatoms. The van der Waals surface area contributed by atoms with E-state index in [-0.39, 0.29) is 18.7 Å². The number of carbonyl (C=O) groups excluding carboxylic acids is 2. The average Bonchev–Trinajstić information content (AvgIpc) is 3.63. The van der Waals surface area contributed by atoms with E-state index in [4.69, 9.17) is 4.74 Å². The van der Waals surface area contributed by atoms with Gasteiger partial charge in [0, 0.05) is 32.7 Å². The normalized spacial score (nSPS) is 20.0. The quantitative estimate of drug-likeness (QED) is 0.114. The molecule has 0 N–H and O–H groups in total. The first-order valence-electron chi connectivity index (χ1n) is 18.3. The first kappa shape index (κ1) is 41.2. The highest BCUT2D eigenvalue weighted by atomic mass is 32.3. The molecule has 0 aliphatic carbocycles. The summed E-state index contributed by atoms with van der Waals surface area (Å²) >= 11 is 1.36. The van der Waals surface area contributed by atoms with Gasteiger partial charge in [-0.2, -0.15) is 9.35 Å². The number of aromatic nitrogens is 2. The second kappa shape index (κ2) is 18.8. The van der Waals surface area contributed by atoms with E-state index in [1.807, 2.05) is 25.7 Å². The molecular formula is C33H61N7O7S2. The van der Waals surface area contributed by atoms with Gasteiger partial charge in [-0.25, -0.2) is 18.0 Å². The summed E-state index contributed by atoms with van der Waals surface area (Å²) in [6.07, 6.45) is 11.8. The van der Waals surface area contributed by atoms with Crippen LogP contribution in [0, 0.1) is 0 Å². The van der Waals surface area contributed by atoms with Crippen LogP contribution in [0.15, 0.2) is 0 Å². The number of hydrogen-bond donors (Lipinski definition) is 0. The minimum absolute atomic E-state index is 0.252. The number of piperidine rings is 1. The molecule has 282 valence electrons. The lowest BCUT2D eigenvalue weighted by atomic mass is 10.0. The van der Waals surface area contributed by atoms with Crippen molar-refractivity contribution in [3.05, 3.63) is 5.01 Å². The van der Waals surface area contributed by atoms with Crippen molar-refractivity contribution in [1.82, 2.24) is 25.1 Å². The maximum Gasteiger partial charge on any atom is 0.410 e. The van der Waals surface area contributed by atoms with E-state index in [2.05, 4.69) is 42.2 Å². The number of anilines is 1. The number of carbonyl (C=O) groups is 2. The fourth-order valence-corrected chi connectivity index (χ4v) is 8.05. The van der Waals surface area contributed by atoms with Crippen molar-refractivity contribution in [3.63, 3.8) is 0 Å². The van der Waals surface area contributed by atoms with E-state index in [1.54, 1.807) is 4.90 Å². The molecule has 0 saturated carbocycles.